The molecule has 5 rings (SSSR count). The maximum atomic E-state index is 12.8. The number of hydrogen-bond donors (Lipinski definition) is 1. The standard InChI is InChI=1S/C25H27N5O2S/c1-30-11-8-18(9-12-30)28-25-29-21(16-33-25)24-23-20(7-10-26-24)22(31)13-19(27-23)15-32-14-17-5-3-2-4-6-17/h2-7,10,16,18H,8-9,11-15H2,1H3,(H,28,29). The monoisotopic (exact) mass is 461 g/mol. The predicted octanol–water partition coefficient (Wildman–Crippen LogP) is 4.59. The first-order chi connectivity index (χ1) is 16.2. The molecule has 1 fully saturated rings. The molecule has 0 spiro atoms. The van der Waals surface area contributed by atoms with Crippen molar-refractivity contribution in [2.24, 2.45) is 4.99 Å². The molecule has 0 aliphatic carbocycles. The van der Waals surface area contributed by atoms with Gasteiger partial charge in [0, 0.05) is 23.2 Å². The molecular weight excluding hydrogens is 434 g/mol. The first-order valence-electron chi connectivity index (χ1n) is 11.3. The quantitative estimate of drug-likeness (QED) is 0.555. The van der Waals surface area contributed by atoms with Crippen molar-refractivity contribution in [1.29, 1.82) is 0 Å². The summed E-state index contributed by atoms with van der Waals surface area (Å²) in [5.74, 6) is 0.0434. The molecule has 2 aliphatic rings. The molecule has 170 valence electrons. The zero-order chi connectivity index (χ0) is 22.6. The van der Waals surface area contributed by atoms with Crippen LogP contribution in [0, 0.1) is 0 Å². The number of carbonyl (C=O) groups excluding carboxylic acids is 1. The summed E-state index contributed by atoms with van der Waals surface area (Å²) in [6.45, 7) is 2.98. The van der Waals surface area contributed by atoms with Crippen LogP contribution < -0.4 is 5.32 Å². The van der Waals surface area contributed by atoms with Gasteiger partial charge in [-0.15, -0.1) is 11.3 Å². The summed E-state index contributed by atoms with van der Waals surface area (Å²) in [4.78, 5) is 29.3. The molecule has 0 bridgehead atoms. The molecule has 2 aromatic heterocycles. The second-order valence-corrected chi connectivity index (χ2v) is 9.43. The summed E-state index contributed by atoms with van der Waals surface area (Å²) in [7, 11) is 2.16. The van der Waals surface area contributed by atoms with Crippen LogP contribution in [0.25, 0.3) is 11.4 Å². The van der Waals surface area contributed by atoms with Crippen LogP contribution in [0.15, 0.2) is 53.0 Å². The van der Waals surface area contributed by atoms with Crippen LogP contribution in [0.5, 0.6) is 0 Å². The van der Waals surface area contributed by atoms with Gasteiger partial charge in [-0.05, 0) is 44.6 Å². The van der Waals surface area contributed by atoms with Gasteiger partial charge in [0.1, 0.15) is 17.1 Å². The Balaban J connectivity index is 1.32. The molecule has 8 heteroatoms. The molecule has 33 heavy (non-hydrogen) atoms. The highest BCUT2D eigenvalue weighted by Gasteiger charge is 2.25. The number of Topliss-reactive ketones (excluding diaryl/α,β-unsaturated/α-hetero) is 1. The van der Waals surface area contributed by atoms with Crippen molar-refractivity contribution in [3.05, 3.63) is 59.1 Å². The van der Waals surface area contributed by atoms with E-state index >= 15 is 0 Å². The van der Waals surface area contributed by atoms with Crippen LogP contribution in [-0.2, 0) is 11.3 Å². The highest BCUT2D eigenvalue weighted by Crippen LogP contribution is 2.36. The third-order valence-corrected chi connectivity index (χ3v) is 6.81. The molecule has 1 aromatic carbocycles. The largest absolute Gasteiger partial charge is 0.371 e. The van der Waals surface area contributed by atoms with E-state index in [9.17, 15) is 4.79 Å². The summed E-state index contributed by atoms with van der Waals surface area (Å²) < 4.78 is 5.83. The minimum absolute atomic E-state index is 0.0434. The second kappa shape index (κ2) is 9.91. The first kappa shape index (κ1) is 21.9. The highest BCUT2D eigenvalue weighted by atomic mass is 32.1. The molecule has 0 radical (unpaired) electrons. The van der Waals surface area contributed by atoms with E-state index in [1.807, 2.05) is 35.7 Å². The zero-order valence-corrected chi connectivity index (χ0v) is 19.5. The Kier molecular flexibility index (Phi) is 6.57. The second-order valence-electron chi connectivity index (χ2n) is 8.57. The van der Waals surface area contributed by atoms with E-state index in [1.165, 1.54) is 0 Å². The van der Waals surface area contributed by atoms with Gasteiger partial charge >= 0.3 is 0 Å². The molecule has 2 aliphatic heterocycles. The molecule has 1 N–H and O–H groups in total. The highest BCUT2D eigenvalue weighted by molar-refractivity contribution is 7.14. The van der Waals surface area contributed by atoms with Gasteiger partial charge in [0.25, 0.3) is 0 Å². The minimum atomic E-state index is 0.0434. The number of ether oxygens (including phenoxy) is 1. The van der Waals surface area contributed by atoms with Crippen LogP contribution in [0.3, 0.4) is 0 Å². The summed E-state index contributed by atoms with van der Waals surface area (Å²) in [5, 5.41) is 6.43. The van der Waals surface area contributed by atoms with Crippen molar-refractivity contribution in [2.75, 3.05) is 32.1 Å². The Bertz CT molecular complexity index is 1150. The maximum Gasteiger partial charge on any atom is 0.183 e. The molecule has 0 atom stereocenters. The molecule has 7 nitrogen and oxygen atoms in total. The lowest BCUT2D eigenvalue weighted by atomic mass is 9.99. The zero-order valence-electron chi connectivity index (χ0n) is 18.7. The number of thiazole rings is 1. The van der Waals surface area contributed by atoms with E-state index in [1.54, 1.807) is 23.6 Å². The van der Waals surface area contributed by atoms with Gasteiger partial charge in [-0.3, -0.25) is 14.8 Å². The Hall–Kier alpha value is -2.94. The van der Waals surface area contributed by atoms with Gasteiger partial charge in [-0.25, -0.2) is 4.98 Å². The number of nitrogens with one attached hydrogen (secondary N) is 1. The van der Waals surface area contributed by atoms with Gasteiger partial charge in [-0.2, -0.15) is 0 Å². The topological polar surface area (TPSA) is 79.7 Å². The van der Waals surface area contributed by atoms with Gasteiger partial charge in [0.05, 0.1) is 25.3 Å². The molecule has 1 saturated heterocycles. The molecular formula is C25H27N5O2S. The average Bonchev–Trinajstić information content (AvgIpc) is 3.29. The lowest BCUT2D eigenvalue weighted by molar-refractivity contribution is 0.0993. The number of anilines is 1. The summed E-state index contributed by atoms with van der Waals surface area (Å²) in [6, 6.07) is 12.2. The number of pyridine rings is 1. The van der Waals surface area contributed by atoms with E-state index in [0.29, 0.717) is 36.2 Å². The number of fused-ring (bicyclic) bond motifs is 1. The van der Waals surface area contributed by atoms with Crippen molar-refractivity contribution in [1.82, 2.24) is 14.9 Å². The molecule has 0 unspecified atom stereocenters. The molecule has 3 aromatic rings. The Morgan fingerprint density at radius 1 is 1.15 bits per heavy atom. The van der Waals surface area contributed by atoms with Crippen molar-refractivity contribution in [3.63, 3.8) is 0 Å². The summed E-state index contributed by atoms with van der Waals surface area (Å²) >= 11 is 1.57. The normalized spacial score (nSPS) is 17.0. The van der Waals surface area contributed by atoms with Crippen molar-refractivity contribution in [2.45, 2.75) is 31.9 Å². The number of carbonyl (C=O) groups is 1. The number of aliphatic imine (C=N–C) groups is 1. The van der Waals surface area contributed by atoms with E-state index in [4.69, 9.17) is 14.7 Å². The number of benzene rings is 1. The van der Waals surface area contributed by atoms with Crippen LogP contribution >= 0.6 is 11.3 Å². The van der Waals surface area contributed by atoms with E-state index in [2.05, 4.69) is 22.2 Å². The van der Waals surface area contributed by atoms with Gasteiger partial charge in [-0.1, -0.05) is 30.3 Å². The number of nitrogens with zero attached hydrogens (tertiary/aromatic N) is 4. The van der Waals surface area contributed by atoms with Crippen molar-refractivity contribution in [3.8, 4) is 11.4 Å². The summed E-state index contributed by atoms with van der Waals surface area (Å²) in [5.41, 5.74) is 4.41. The molecule has 0 amide bonds. The van der Waals surface area contributed by atoms with Gasteiger partial charge in [0.15, 0.2) is 10.9 Å². The fourth-order valence-corrected chi connectivity index (χ4v) is 4.95. The van der Waals surface area contributed by atoms with Crippen LogP contribution in [0.2, 0.25) is 0 Å². The van der Waals surface area contributed by atoms with Crippen LogP contribution in [0.1, 0.15) is 35.2 Å². The maximum absolute atomic E-state index is 12.8. The Morgan fingerprint density at radius 2 is 1.97 bits per heavy atom. The van der Waals surface area contributed by atoms with E-state index in [0.717, 1.165) is 48.0 Å². The first-order valence-corrected chi connectivity index (χ1v) is 12.1. The number of ketones is 1. The van der Waals surface area contributed by atoms with Gasteiger partial charge in [0.2, 0.25) is 0 Å². The van der Waals surface area contributed by atoms with Crippen molar-refractivity contribution < 1.29 is 9.53 Å². The average molecular weight is 462 g/mol. The SMILES string of the molecule is CN1CCC(Nc2nc(-c3nccc4c3N=C(COCc3ccccc3)CC4=O)cs2)CC1. The van der Waals surface area contributed by atoms with E-state index in [-0.39, 0.29) is 12.2 Å². The van der Waals surface area contributed by atoms with Crippen molar-refractivity contribution >= 4 is 33.7 Å². The fourth-order valence-electron chi connectivity index (χ4n) is 4.18. The predicted molar refractivity (Wildman–Crippen MR) is 132 cm³/mol. The van der Waals surface area contributed by atoms with Gasteiger partial charge < -0.3 is 15.0 Å². The Morgan fingerprint density at radius 3 is 2.79 bits per heavy atom. The number of rotatable bonds is 7. The number of hydrogen-bond acceptors (Lipinski definition) is 8. The minimum Gasteiger partial charge on any atom is -0.371 e. The Labute approximate surface area is 197 Å². The molecule has 4 heterocycles. The van der Waals surface area contributed by atoms with Crippen LogP contribution in [0.4, 0.5) is 10.8 Å². The molecule has 0 saturated carbocycles. The lowest BCUT2D eigenvalue weighted by Crippen LogP contribution is -2.36. The lowest BCUT2D eigenvalue weighted by Gasteiger charge is -2.29. The smallest absolute Gasteiger partial charge is 0.183 e. The third kappa shape index (κ3) is 5.19. The third-order valence-electron chi connectivity index (χ3n) is 6.03. The number of piperidine rings is 1. The van der Waals surface area contributed by atoms with E-state index < -0.39 is 0 Å². The fraction of sp³-hybridized carbons (Fsp3) is 0.360. The number of aromatic nitrogens is 2. The number of likely N-dealkylation sites (tertiary alicyclic amines) is 1. The summed E-state index contributed by atoms with van der Waals surface area (Å²) in [6.07, 6.45) is 4.15. The van der Waals surface area contributed by atoms with Crippen LogP contribution in [-0.4, -0.2) is 59.1 Å².